The van der Waals surface area contributed by atoms with E-state index in [1.807, 2.05) is 6.92 Å². The van der Waals surface area contributed by atoms with Gasteiger partial charge in [-0.25, -0.2) is 0 Å². The van der Waals surface area contributed by atoms with Gasteiger partial charge in [0, 0.05) is 24.7 Å². The Bertz CT molecular complexity index is 752. The van der Waals surface area contributed by atoms with Crippen LogP contribution in [0.4, 0.5) is 0 Å². The summed E-state index contributed by atoms with van der Waals surface area (Å²) in [6.07, 6.45) is 4.39. The molecule has 6 heteroatoms. The molecule has 0 amide bonds. The highest BCUT2D eigenvalue weighted by Gasteiger charge is 2.69. The van der Waals surface area contributed by atoms with Gasteiger partial charge in [-0.1, -0.05) is 13.8 Å². The monoisotopic (exact) mass is 424 g/mol. The second-order valence-corrected chi connectivity index (χ2v) is 11.0. The van der Waals surface area contributed by atoms with Crippen molar-refractivity contribution in [3.05, 3.63) is 0 Å². The molecule has 0 radical (unpaired) electrons. The summed E-state index contributed by atoms with van der Waals surface area (Å²) < 4.78 is 5.89. The van der Waals surface area contributed by atoms with Crippen molar-refractivity contribution >= 4 is 29.1 Å². The Morgan fingerprint density at radius 2 is 1.79 bits per heavy atom. The maximum absolute atomic E-state index is 12.5. The Hall–Kier alpha value is -0.940. The third-order valence-electron chi connectivity index (χ3n) is 9.47. The fourth-order valence-electron chi connectivity index (χ4n) is 8.09. The zero-order valence-corrected chi connectivity index (χ0v) is 18.6. The van der Waals surface area contributed by atoms with E-state index >= 15 is 0 Å². The van der Waals surface area contributed by atoms with Crippen molar-refractivity contribution in [2.75, 3.05) is 0 Å². The van der Waals surface area contributed by atoms with Gasteiger partial charge < -0.3 is 9.84 Å². The maximum atomic E-state index is 12.5. The molecule has 5 nitrogen and oxygen atoms in total. The fraction of sp³-hybridized carbons (Fsp3) is 0.870. The SMILES string of the molecule is CC(=O)O[C@H]1C[C@@]2(C)[C@@H](CC[C@]2(O)C(C)=O)[C@@H]2CC[C@H]3[C@@H](Cl)C(=O)CC[C@]3(C)[C@H]21. The summed E-state index contributed by atoms with van der Waals surface area (Å²) in [5.41, 5.74) is -2.15. The molecule has 0 spiro atoms. The van der Waals surface area contributed by atoms with Crippen molar-refractivity contribution < 1.29 is 24.2 Å². The van der Waals surface area contributed by atoms with Crippen molar-refractivity contribution in [2.24, 2.45) is 34.5 Å². The van der Waals surface area contributed by atoms with Gasteiger partial charge in [0.1, 0.15) is 11.7 Å². The van der Waals surface area contributed by atoms with Crippen LogP contribution in [0.25, 0.3) is 0 Å². The summed E-state index contributed by atoms with van der Waals surface area (Å²) in [6, 6.07) is 0. The molecule has 0 bridgehead atoms. The molecule has 1 N–H and O–H groups in total. The lowest BCUT2D eigenvalue weighted by Crippen LogP contribution is -2.64. The van der Waals surface area contributed by atoms with Crippen LogP contribution < -0.4 is 0 Å². The molecule has 4 rings (SSSR count). The van der Waals surface area contributed by atoms with Crippen molar-refractivity contribution in [2.45, 2.75) is 89.7 Å². The van der Waals surface area contributed by atoms with E-state index in [-0.39, 0.29) is 52.7 Å². The van der Waals surface area contributed by atoms with Crippen molar-refractivity contribution in [3.63, 3.8) is 0 Å². The summed E-state index contributed by atoms with van der Waals surface area (Å²) in [4.78, 5) is 36.8. The summed E-state index contributed by atoms with van der Waals surface area (Å²) >= 11 is 6.60. The zero-order chi connectivity index (χ0) is 21.4. The predicted octanol–water partition coefficient (Wildman–Crippen LogP) is 3.68. The van der Waals surface area contributed by atoms with E-state index in [1.54, 1.807) is 0 Å². The number of carbonyl (C=O) groups is 3. The van der Waals surface area contributed by atoms with E-state index in [0.717, 1.165) is 25.7 Å². The van der Waals surface area contributed by atoms with Gasteiger partial charge in [0.2, 0.25) is 0 Å². The summed E-state index contributed by atoms with van der Waals surface area (Å²) in [7, 11) is 0. The van der Waals surface area contributed by atoms with Crippen molar-refractivity contribution in [1.29, 1.82) is 0 Å². The molecular weight excluding hydrogens is 392 g/mol. The molecule has 4 aliphatic rings. The van der Waals surface area contributed by atoms with E-state index in [2.05, 4.69) is 6.92 Å². The predicted molar refractivity (Wildman–Crippen MR) is 108 cm³/mol. The summed E-state index contributed by atoms with van der Waals surface area (Å²) in [5, 5.41) is 10.9. The van der Waals surface area contributed by atoms with Crippen molar-refractivity contribution in [1.82, 2.24) is 0 Å². The first-order valence-corrected chi connectivity index (χ1v) is 11.5. The highest BCUT2D eigenvalue weighted by Crippen LogP contribution is 2.68. The number of ketones is 2. The number of halogens is 1. The smallest absolute Gasteiger partial charge is 0.302 e. The number of rotatable bonds is 2. The maximum Gasteiger partial charge on any atom is 0.302 e. The molecule has 0 aromatic rings. The van der Waals surface area contributed by atoms with Gasteiger partial charge in [-0.15, -0.1) is 11.6 Å². The minimum absolute atomic E-state index is 0.0853. The number of esters is 1. The number of fused-ring (bicyclic) bond motifs is 5. The van der Waals surface area contributed by atoms with Gasteiger partial charge in [-0.2, -0.15) is 0 Å². The molecule has 4 saturated carbocycles. The number of alkyl halides is 1. The Morgan fingerprint density at radius 1 is 1.10 bits per heavy atom. The van der Waals surface area contributed by atoms with Gasteiger partial charge in [0.15, 0.2) is 11.6 Å². The Balaban J connectivity index is 1.78. The van der Waals surface area contributed by atoms with E-state index in [0.29, 0.717) is 19.3 Å². The van der Waals surface area contributed by atoms with Crippen LogP contribution in [0.1, 0.15) is 72.6 Å². The Labute approximate surface area is 177 Å². The molecule has 4 fully saturated rings. The first-order chi connectivity index (χ1) is 13.5. The minimum atomic E-state index is -1.36. The first-order valence-electron chi connectivity index (χ1n) is 11.0. The third-order valence-corrected chi connectivity index (χ3v) is 10.0. The molecule has 29 heavy (non-hydrogen) atoms. The number of carbonyl (C=O) groups excluding carboxylic acids is 3. The van der Waals surface area contributed by atoms with Crippen LogP contribution in [0.3, 0.4) is 0 Å². The van der Waals surface area contributed by atoms with Crippen LogP contribution in [-0.4, -0.2) is 39.7 Å². The second kappa shape index (κ2) is 6.78. The largest absolute Gasteiger partial charge is 0.462 e. The zero-order valence-electron chi connectivity index (χ0n) is 17.9. The standard InChI is InChI=1S/C23H33ClO5/c1-12(25)23(28)10-7-15-14-5-6-16-20(24)17(27)8-9-21(16,3)19(14)18(29-13(2)26)11-22(15,23)4/h14-16,18-20,28H,5-11H2,1-4H3/t14-,15-,16-,18-,19+,20+,21-,22-,23-/m0/s1. The minimum Gasteiger partial charge on any atom is -0.462 e. The fourth-order valence-corrected chi connectivity index (χ4v) is 8.61. The van der Waals surface area contributed by atoms with E-state index in [1.165, 1.54) is 13.8 Å². The molecule has 9 atom stereocenters. The number of Topliss-reactive ketones (excluding diaryl/α,β-unsaturated/α-hetero) is 2. The number of aliphatic hydroxyl groups is 1. The molecule has 0 aromatic carbocycles. The molecule has 4 aliphatic carbocycles. The number of ether oxygens (including phenoxy) is 1. The lowest BCUT2D eigenvalue weighted by Gasteiger charge is -2.63. The normalized spacial score (nSPS) is 51.6. The summed E-state index contributed by atoms with van der Waals surface area (Å²) in [5.74, 6) is 0.257. The topological polar surface area (TPSA) is 80.7 Å². The average Bonchev–Trinajstić information content (AvgIpc) is 2.90. The molecule has 0 aliphatic heterocycles. The van der Waals surface area contributed by atoms with Gasteiger partial charge in [0.05, 0.1) is 5.38 Å². The van der Waals surface area contributed by atoms with Gasteiger partial charge in [-0.05, 0) is 68.6 Å². The van der Waals surface area contributed by atoms with Crippen LogP contribution in [-0.2, 0) is 19.1 Å². The summed E-state index contributed by atoms with van der Waals surface area (Å²) in [6.45, 7) is 7.14. The second-order valence-electron chi connectivity index (χ2n) is 10.6. The Morgan fingerprint density at radius 3 is 2.41 bits per heavy atom. The van der Waals surface area contributed by atoms with Crippen LogP contribution in [0.5, 0.6) is 0 Å². The third kappa shape index (κ3) is 2.79. The molecule has 0 aromatic heterocycles. The van der Waals surface area contributed by atoms with E-state index in [9.17, 15) is 19.5 Å². The van der Waals surface area contributed by atoms with Gasteiger partial charge in [0.25, 0.3) is 0 Å². The van der Waals surface area contributed by atoms with Crippen LogP contribution in [0.15, 0.2) is 0 Å². The Kier molecular flexibility index (Phi) is 4.98. The van der Waals surface area contributed by atoms with Gasteiger partial charge in [-0.3, -0.25) is 14.4 Å². The van der Waals surface area contributed by atoms with E-state index in [4.69, 9.17) is 16.3 Å². The molecular formula is C23H33ClO5. The van der Waals surface area contributed by atoms with Gasteiger partial charge >= 0.3 is 5.97 Å². The van der Waals surface area contributed by atoms with E-state index < -0.39 is 16.4 Å². The quantitative estimate of drug-likeness (QED) is 0.540. The highest BCUT2D eigenvalue weighted by molar-refractivity contribution is 6.31. The number of hydrogen-bond donors (Lipinski definition) is 1. The highest BCUT2D eigenvalue weighted by atomic mass is 35.5. The molecule has 0 heterocycles. The average molecular weight is 425 g/mol. The lowest BCUT2D eigenvalue weighted by molar-refractivity contribution is -0.208. The number of hydrogen-bond acceptors (Lipinski definition) is 5. The first kappa shape index (κ1) is 21.3. The van der Waals surface area contributed by atoms with Crippen molar-refractivity contribution in [3.8, 4) is 0 Å². The van der Waals surface area contributed by atoms with Crippen LogP contribution >= 0.6 is 11.6 Å². The lowest BCUT2D eigenvalue weighted by atomic mass is 9.43. The van der Waals surface area contributed by atoms with Crippen LogP contribution in [0, 0.1) is 34.5 Å². The molecule has 162 valence electrons. The molecule has 0 unspecified atom stereocenters. The van der Waals surface area contributed by atoms with Crippen LogP contribution in [0.2, 0.25) is 0 Å². The molecule has 0 saturated heterocycles.